The maximum atomic E-state index is 12.8. The summed E-state index contributed by atoms with van der Waals surface area (Å²) >= 11 is 0. The fraction of sp³-hybridized carbons (Fsp3) is 0.360. The van der Waals surface area contributed by atoms with Crippen molar-refractivity contribution in [3.63, 3.8) is 0 Å². The number of pyridine rings is 1. The molecule has 1 amide bonds. The molecule has 8 nitrogen and oxygen atoms in total. The van der Waals surface area contributed by atoms with Crippen LogP contribution >= 0.6 is 0 Å². The van der Waals surface area contributed by atoms with Crippen molar-refractivity contribution in [2.24, 2.45) is 0 Å². The smallest absolute Gasteiger partial charge is 0.241 e. The van der Waals surface area contributed by atoms with Crippen LogP contribution in [0.3, 0.4) is 0 Å². The van der Waals surface area contributed by atoms with Gasteiger partial charge < -0.3 is 20.3 Å². The van der Waals surface area contributed by atoms with Gasteiger partial charge in [-0.15, -0.1) is 0 Å². The first-order chi connectivity index (χ1) is 16.0. The molecule has 1 aliphatic rings. The SMILES string of the molecule is COc1cccc(C)c1NCC(=O)N1CCC(c2nc(C)cc(Nc3ccccn3)n2)CC1. The number of ether oxygens (including phenoxy) is 1. The lowest BCUT2D eigenvalue weighted by Crippen LogP contribution is -2.41. The molecule has 0 atom stereocenters. The number of rotatable bonds is 7. The molecule has 1 aliphatic heterocycles. The summed E-state index contributed by atoms with van der Waals surface area (Å²) in [7, 11) is 1.64. The van der Waals surface area contributed by atoms with E-state index < -0.39 is 0 Å². The molecule has 0 spiro atoms. The second-order valence-electron chi connectivity index (χ2n) is 8.25. The van der Waals surface area contributed by atoms with Crippen molar-refractivity contribution >= 4 is 23.2 Å². The lowest BCUT2D eigenvalue weighted by atomic mass is 9.95. The highest BCUT2D eigenvalue weighted by atomic mass is 16.5. The molecule has 3 heterocycles. The molecule has 1 aromatic carbocycles. The van der Waals surface area contributed by atoms with Gasteiger partial charge in [0.25, 0.3) is 0 Å². The molecular formula is C25H30N6O2. The van der Waals surface area contributed by atoms with E-state index in [4.69, 9.17) is 9.72 Å². The quantitative estimate of drug-likeness (QED) is 0.565. The second kappa shape index (κ2) is 10.3. The van der Waals surface area contributed by atoms with Gasteiger partial charge in [-0.3, -0.25) is 4.79 Å². The number of hydrogen-bond acceptors (Lipinski definition) is 7. The van der Waals surface area contributed by atoms with Crippen molar-refractivity contribution in [3.05, 3.63) is 65.7 Å². The van der Waals surface area contributed by atoms with E-state index in [1.54, 1.807) is 13.3 Å². The average Bonchev–Trinajstić information content (AvgIpc) is 2.83. The van der Waals surface area contributed by atoms with Gasteiger partial charge in [-0.2, -0.15) is 0 Å². The number of aryl methyl sites for hydroxylation is 2. The first-order valence-corrected chi connectivity index (χ1v) is 11.2. The Morgan fingerprint density at radius 2 is 1.91 bits per heavy atom. The fourth-order valence-corrected chi connectivity index (χ4v) is 4.11. The number of likely N-dealkylation sites (tertiary alicyclic amines) is 1. The molecule has 0 unspecified atom stereocenters. The monoisotopic (exact) mass is 446 g/mol. The Kier molecular flexibility index (Phi) is 7.02. The number of benzene rings is 1. The van der Waals surface area contributed by atoms with Gasteiger partial charge in [0, 0.05) is 37.0 Å². The van der Waals surface area contributed by atoms with E-state index in [0.29, 0.717) is 13.1 Å². The van der Waals surface area contributed by atoms with Crippen molar-refractivity contribution in [3.8, 4) is 5.75 Å². The van der Waals surface area contributed by atoms with Crippen LogP contribution in [-0.4, -0.2) is 52.5 Å². The largest absolute Gasteiger partial charge is 0.495 e. The molecule has 1 fully saturated rings. The maximum Gasteiger partial charge on any atom is 0.241 e. The lowest BCUT2D eigenvalue weighted by Gasteiger charge is -2.31. The number of methoxy groups -OCH3 is 1. The van der Waals surface area contributed by atoms with Crippen LogP contribution in [0.25, 0.3) is 0 Å². The van der Waals surface area contributed by atoms with Crippen LogP contribution in [0.15, 0.2) is 48.7 Å². The number of carbonyl (C=O) groups is 1. The number of amides is 1. The third-order valence-electron chi connectivity index (χ3n) is 5.88. The van der Waals surface area contributed by atoms with Gasteiger partial charge in [0.15, 0.2) is 0 Å². The second-order valence-corrected chi connectivity index (χ2v) is 8.25. The zero-order valence-electron chi connectivity index (χ0n) is 19.3. The number of carbonyl (C=O) groups excluding carboxylic acids is 1. The summed E-state index contributed by atoms with van der Waals surface area (Å²) in [5, 5.41) is 6.51. The molecule has 0 saturated carbocycles. The Labute approximate surface area is 194 Å². The van der Waals surface area contributed by atoms with Gasteiger partial charge in [-0.05, 0) is 50.5 Å². The topological polar surface area (TPSA) is 92.3 Å². The Morgan fingerprint density at radius 3 is 2.64 bits per heavy atom. The van der Waals surface area contributed by atoms with Crippen molar-refractivity contribution in [2.75, 3.05) is 37.4 Å². The Morgan fingerprint density at radius 1 is 1.09 bits per heavy atom. The van der Waals surface area contributed by atoms with E-state index in [1.165, 1.54) is 0 Å². The molecular weight excluding hydrogens is 416 g/mol. The number of aromatic nitrogens is 3. The minimum absolute atomic E-state index is 0.0847. The van der Waals surface area contributed by atoms with Gasteiger partial charge in [0.05, 0.1) is 19.3 Å². The number of nitrogens with one attached hydrogen (secondary N) is 2. The van der Waals surface area contributed by atoms with E-state index >= 15 is 0 Å². The van der Waals surface area contributed by atoms with Crippen LogP contribution in [0, 0.1) is 13.8 Å². The molecule has 33 heavy (non-hydrogen) atoms. The van der Waals surface area contributed by atoms with E-state index in [-0.39, 0.29) is 18.4 Å². The standard InChI is InChI=1S/C25H30N6O2/c1-17-7-6-8-20(33-3)24(17)27-16-23(32)31-13-10-19(11-14-31)25-28-18(2)15-22(30-25)29-21-9-4-5-12-26-21/h4-9,12,15,19,27H,10-11,13-14,16H2,1-3H3,(H,26,28,29,30). The van der Waals surface area contributed by atoms with Gasteiger partial charge >= 0.3 is 0 Å². The number of nitrogens with zero attached hydrogens (tertiary/aromatic N) is 4. The molecule has 2 aromatic heterocycles. The van der Waals surface area contributed by atoms with Gasteiger partial charge in [0.1, 0.15) is 23.2 Å². The molecule has 0 aliphatic carbocycles. The summed E-state index contributed by atoms with van der Waals surface area (Å²) in [5.74, 6) is 3.37. The molecule has 2 N–H and O–H groups in total. The lowest BCUT2D eigenvalue weighted by molar-refractivity contribution is -0.130. The minimum atomic E-state index is 0.0847. The first kappa shape index (κ1) is 22.5. The highest BCUT2D eigenvalue weighted by Gasteiger charge is 2.26. The number of anilines is 3. The normalized spacial score (nSPS) is 14.1. The van der Waals surface area contributed by atoms with Crippen molar-refractivity contribution in [2.45, 2.75) is 32.6 Å². The molecule has 172 valence electrons. The van der Waals surface area contributed by atoms with Crippen LogP contribution in [0.4, 0.5) is 17.3 Å². The van der Waals surface area contributed by atoms with Gasteiger partial charge in [-0.25, -0.2) is 15.0 Å². The van der Waals surface area contributed by atoms with Crippen LogP contribution in [0.2, 0.25) is 0 Å². The Balaban J connectivity index is 1.35. The maximum absolute atomic E-state index is 12.8. The predicted octanol–water partition coefficient (Wildman–Crippen LogP) is 4.06. The number of para-hydroxylation sites is 1. The summed E-state index contributed by atoms with van der Waals surface area (Å²) in [6, 6.07) is 13.5. The molecule has 4 rings (SSSR count). The summed E-state index contributed by atoms with van der Waals surface area (Å²) in [6.45, 7) is 5.59. The fourth-order valence-electron chi connectivity index (χ4n) is 4.11. The van der Waals surface area contributed by atoms with E-state index in [0.717, 1.165) is 53.0 Å². The molecule has 0 bridgehead atoms. The number of hydrogen-bond donors (Lipinski definition) is 2. The van der Waals surface area contributed by atoms with Crippen LogP contribution in [-0.2, 0) is 4.79 Å². The third kappa shape index (κ3) is 5.58. The number of piperidine rings is 1. The van der Waals surface area contributed by atoms with Crippen LogP contribution < -0.4 is 15.4 Å². The first-order valence-electron chi connectivity index (χ1n) is 11.2. The minimum Gasteiger partial charge on any atom is -0.495 e. The highest BCUT2D eigenvalue weighted by Crippen LogP contribution is 2.29. The predicted molar refractivity (Wildman–Crippen MR) is 129 cm³/mol. The summed E-state index contributed by atoms with van der Waals surface area (Å²) in [6.07, 6.45) is 3.42. The molecule has 0 radical (unpaired) electrons. The van der Waals surface area contributed by atoms with Crippen LogP contribution in [0.1, 0.15) is 35.8 Å². The van der Waals surface area contributed by atoms with Crippen LogP contribution in [0.5, 0.6) is 5.75 Å². The van der Waals surface area contributed by atoms with Gasteiger partial charge in [0.2, 0.25) is 5.91 Å². The van der Waals surface area contributed by atoms with Crippen molar-refractivity contribution in [1.29, 1.82) is 0 Å². The van der Waals surface area contributed by atoms with E-state index in [2.05, 4.69) is 20.6 Å². The van der Waals surface area contributed by atoms with E-state index in [9.17, 15) is 4.79 Å². The van der Waals surface area contributed by atoms with Crippen molar-refractivity contribution < 1.29 is 9.53 Å². The van der Waals surface area contributed by atoms with E-state index in [1.807, 2.05) is 61.2 Å². The molecule has 3 aromatic rings. The molecule has 8 heteroatoms. The summed E-state index contributed by atoms with van der Waals surface area (Å²) in [5.41, 5.74) is 2.82. The summed E-state index contributed by atoms with van der Waals surface area (Å²) < 4.78 is 5.41. The third-order valence-corrected chi connectivity index (χ3v) is 5.88. The average molecular weight is 447 g/mol. The highest BCUT2D eigenvalue weighted by molar-refractivity contribution is 5.82. The van der Waals surface area contributed by atoms with Gasteiger partial charge in [-0.1, -0.05) is 18.2 Å². The Hall–Kier alpha value is -3.68. The zero-order valence-corrected chi connectivity index (χ0v) is 19.3. The molecule has 1 saturated heterocycles. The Bertz CT molecular complexity index is 1100. The van der Waals surface area contributed by atoms with Crippen molar-refractivity contribution in [1.82, 2.24) is 19.9 Å². The summed E-state index contributed by atoms with van der Waals surface area (Å²) in [4.78, 5) is 28.4. The zero-order chi connectivity index (χ0) is 23.2.